The molecule has 3 rings (SSSR count). The summed E-state index contributed by atoms with van der Waals surface area (Å²) in [5.74, 6) is 0. The second-order valence-electron chi connectivity index (χ2n) is 6.12. The Kier molecular flexibility index (Phi) is 2.44. The van der Waals surface area contributed by atoms with Gasteiger partial charge in [-0.3, -0.25) is 4.90 Å². The summed E-state index contributed by atoms with van der Waals surface area (Å²) in [4.78, 5) is 2.70. The molecule has 1 aliphatic heterocycles. The van der Waals surface area contributed by atoms with Gasteiger partial charge in [-0.15, -0.1) is 0 Å². The van der Waals surface area contributed by atoms with Crippen LogP contribution in [0, 0.1) is 0 Å². The van der Waals surface area contributed by atoms with Gasteiger partial charge in [0.2, 0.25) is 0 Å². The standard InChI is InChI=1S/C15H22N2/c1-15(2)8-3-9-17(15)14-7-4-11-10-12(16)5-6-13(11)14/h5-6,10,14H,3-4,7-9,16H2,1-2H3. The zero-order valence-electron chi connectivity index (χ0n) is 10.9. The van der Waals surface area contributed by atoms with E-state index in [0.717, 1.165) is 5.69 Å². The molecule has 1 aromatic rings. The van der Waals surface area contributed by atoms with Crippen molar-refractivity contribution < 1.29 is 0 Å². The normalized spacial score (nSPS) is 27.3. The Balaban J connectivity index is 1.93. The van der Waals surface area contributed by atoms with Crippen LogP contribution in [0.5, 0.6) is 0 Å². The number of hydrogen-bond donors (Lipinski definition) is 1. The number of anilines is 1. The second kappa shape index (κ2) is 3.74. The molecule has 0 radical (unpaired) electrons. The van der Waals surface area contributed by atoms with Crippen molar-refractivity contribution in [1.29, 1.82) is 0 Å². The van der Waals surface area contributed by atoms with Gasteiger partial charge in [0.05, 0.1) is 0 Å². The summed E-state index contributed by atoms with van der Waals surface area (Å²) < 4.78 is 0. The Hall–Kier alpha value is -1.02. The number of nitrogens with two attached hydrogens (primary N) is 1. The Morgan fingerprint density at radius 3 is 2.88 bits per heavy atom. The maximum absolute atomic E-state index is 5.87. The minimum atomic E-state index is 0.369. The van der Waals surface area contributed by atoms with Crippen LogP contribution in [0.1, 0.15) is 50.3 Å². The molecule has 0 spiro atoms. The molecule has 1 fully saturated rings. The molecule has 0 bridgehead atoms. The van der Waals surface area contributed by atoms with Crippen LogP contribution >= 0.6 is 0 Å². The van der Waals surface area contributed by atoms with E-state index in [1.165, 1.54) is 43.4 Å². The number of nitrogen functional groups attached to an aromatic ring is 1. The average Bonchev–Trinajstić information content (AvgIpc) is 2.80. The number of rotatable bonds is 1. The van der Waals surface area contributed by atoms with E-state index in [4.69, 9.17) is 5.73 Å². The third-order valence-corrected chi connectivity index (χ3v) is 4.55. The van der Waals surface area contributed by atoms with Gasteiger partial charge in [-0.2, -0.15) is 0 Å². The first kappa shape index (κ1) is 11.1. The number of nitrogens with zero attached hydrogens (tertiary/aromatic N) is 1. The maximum atomic E-state index is 5.87. The number of aryl methyl sites for hydroxylation is 1. The Bertz CT molecular complexity index is 437. The molecule has 0 amide bonds. The lowest BCUT2D eigenvalue weighted by molar-refractivity contribution is 0.115. The molecule has 92 valence electrons. The van der Waals surface area contributed by atoms with Crippen molar-refractivity contribution >= 4 is 5.69 Å². The fourth-order valence-corrected chi connectivity index (χ4v) is 3.64. The van der Waals surface area contributed by atoms with Gasteiger partial charge in [0.1, 0.15) is 0 Å². The quantitative estimate of drug-likeness (QED) is 0.751. The smallest absolute Gasteiger partial charge is 0.0359 e. The van der Waals surface area contributed by atoms with E-state index < -0.39 is 0 Å². The van der Waals surface area contributed by atoms with Crippen molar-refractivity contribution in [2.24, 2.45) is 0 Å². The molecular weight excluding hydrogens is 208 g/mol. The number of fused-ring (bicyclic) bond motifs is 1. The molecule has 2 N–H and O–H groups in total. The van der Waals surface area contributed by atoms with Crippen molar-refractivity contribution in [2.45, 2.75) is 51.1 Å². The predicted octanol–water partition coefficient (Wildman–Crippen LogP) is 3.13. The van der Waals surface area contributed by atoms with Gasteiger partial charge in [-0.25, -0.2) is 0 Å². The largest absolute Gasteiger partial charge is 0.399 e. The zero-order chi connectivity index (χ0) is 12.0. The molecule has 1 saturated heterocycles. The first-order valence-electron chi connectivity index (χ1n) is 6.73. The van der Waals surface area contributed by atoms with Crippen LogP contribution in [0.2, 0.25) is 0 Å². The van der Waals surface area contributed by atoms with Crippen LogP contribution in [0.3, 0.4) is 0 Å². The molecule has 1 heterocycles. The molecule has 2 aliphatic rings. The van der Waals surface area contributed by atoms with Crippen LogP contribution in [0.25, 0.3) is 0 Å². The fraction of sp³-hybridized carbons (Fsp3) is 0.600. The van der Waals surface area contributed by atoms with Gasteiger partial charge in [0.15, 0.2) is 0 Å². The molecule has 2 nitrogen and oxygen atoms in total. The third-order valence-electron chi connectivity index (χ3n) is 4.55. The van der Waals surface area contributed by atoms with E-state index >= 15 is 0 Å². The summed E-state index contributed by atoms with van der Waals surface area (Å²) in [6.07, 6.45) is 5.13. The minimum absolute atomic E-state index is 0.369. The minimum Gasteiger partial charge on any atom is -0.399 e. The van der Waals surface area contributed by atoms with E-state index in [2.05, 4.69) is 36.9 Å². The van der Waals surface area contributed by atoms with Crippen LogP contribution in [0.4, 0.5) is 5.69 Å². The van der Waals surface area contributed by atoms with E-state index in [1.807, 2.05) is 0 Å². The summed E-state index contributed by atoms with van der Waals surface area (Å²) in [5.41, 5.74) is 10.1. The lowest BCUT2D eigenvalue weighted by Gasteiger charge is -2.37. The zero-order valence-corrected chi connectivity index (χ0v) is 10.9. The fourth-order valence-electron chi connectivity index (χ4n) is 3.64. The summed E-state index contributed by atoms with van der Waals surface area (Å²) in [6.45, 7) is 6.02. The number of benzene rings is 1. The van der Waals surface area contributed by atoms with E-state index in [-0.39, 0.29) is 0 Å². The van der Waals surface area contributed by atoms with Gasteiger partial charge >= 0.3 is 0 Å². The van der Waals surface area contributed by atoms with Crippen molar-refractivity contribution in [1.82, 2.24) is 4.90 Å². The molecule has 17 heavy (non-hydrogen) atoms. The molecule has 1 aliphatic carbocycles. The SMILES string of the molecule is CC1(C)CCCN1C1CCc2cc(N)ccc21. The Labute approximate surface area is 104 Å². The summed E-state index contributed by atoms with van der Waals surface area (Å²) in [7, 11) is 0. The molecule has 1 unspecified atom stereocenters. The Morgan fingerprint density at radius 1 is 1.35 bits per heavy atom. The highest BCUT2D eigenvalue weighted by Gasteiger charge is 2.39. The maximum Gasteiger partial charge on any atom is 0.0359 e. The topological polar surface area (TPSA) is 29.3 Å². The highest BCUT2D eigenvalue weighted by Crippen LogP contribution is 2.43. The molecular formula is C15H22N2. The van der Waals surface area contributed by atoms with Crippen LogP contribution in [-0.2, 0) is 6.42 Å². The first-order chi connectivity index (χ1) is 8.08. The van der Waals surface area contributed by atoms with Gasteiger partial charge < -0.3 is 5.73 Å². The predicted molar refractivity (Wildman–Crippen MR) is 71.9 cm³/mol. The summed E-state index contributed by atoms with van der Waals surface area (Å²) in [5, 5.41) is 0. The number of likely N-dealkylation sites (tertiary alicyclic amines) is 1. The van der Waals surface area contributed by atoms with Crippen molar-refractivity contribution in [3.8, 4) is 0 Å². The summed E-state index contributed by atoms with van der Waals surface area (Å²) >= 11 is 0. The third kappa shape index (κ3) is 1.75. The highest BCUT2D eigenvalue weighted by molar-refractivity contribution is 5.47. The highest BCUT2D eigenvalue weighted by atomic mass is 15.2. The van der Waals surface area contributed by atoms with Gasteiger partial charge in [0, 0.05) is 17.3 Å². The second-order valence-corrected chi connectivity index (χ2v) is 6.12. The average molecular weight is 230 g/mol. The van der Waals surface area contributed by atoms with Crippen molar-refractivity contribution in [2.75, 3.05) is 12.3 Å². The van der Waals surface area contributed by atoms with Gasteiger partial charge in [-0.1, -0.05) is 6.07 Å². The van der Waals surface area contributed by atoms with Crippen LogP contribution in [-0.4, -0.2) is 17.0 Å². The number of hydrogen-bond acceptors (Lipinski definition) is 2. The lowest BCUT2D eigenvalue weighted by Crippen LogP contribution is -2.40. The van der Waals surface area contributed by atoms with E-state index in [9.17, 15) is 0 Å². The Morgan fingerprint density at radius 2 is 2.18 bits per heavy atom. The van der Waals surface area contributed by atoms with Gasteiger partial charge in [-0.05, 0) is 69.3 Å². The lowest BCUT2D eigenvalue weighted by atomic mass is 9.98. The van der Waals surface area contributed by atoms with Crippen LogP contribution < -0.4 is 5.73 Å². The van der Waals surface area contributed by atoms with Crippen molar-refractivity contribution in [3.63, 3.8) is 0 Å². The monoisotopic (exact) mass is 230 g/mol. The first-order valence-corrected chi connectivity index (χ1v) is 6.73. The molecule has 2 heteroatoms. The van der Waals surface area contributed by atoms with Crippen LogP contribution in [0.15, 0.2) is 18.2 Å². The van der Waals surface area contributed by atoms with Crippen molar-refractivity contribution in [3.05, 3.63) is 29.3 Å². The molecule has 0 saturated carbocycles. The molecule has 1 atom stereocenters. The molecule has 1 aromatic carbocycles. The molecule has 0 aromatic heterocycles. The van der Waals surface area contributed by atoms with E-state index in [1.54, 1.807) is 0 Å². The van der Waals surface area contributed by atoms with E-state index in [0.29, 0.717) is 11.6 Å². The van der Waals surface area contributed by atoms with Gasteiger partial charge in [0.25, 0.3) is 0 Å². The summed E-state index contributed by atoms with van der Waals surface area (Å²) in [6, 6.07) is 7.10.